The van der Waals surface area contributed by atoms with Gasteiger partial charge in [0.25, 0.3) is 0 Å². The van der Waals surface area contributed by atoms with Crippen LogP contribution in [0.4, 0.5) is 22.4 Å². The summed E-state index contributed by atoms with van der Waals surface area (Å²) in [7, 11) is 0. The van der Waals surface area contributed by atoms with Gasteiger partial charge in [0.2, 0.25) is 0 Å². The van der Waals surface area contributed by atoms with Crippen LogP contribution < -0.4 is 21.0 Å². The number of hydrogen-bond donors (Lipinski definition) is 3. The van der Waals surface area contributed by atoms with Crippen LogP contribution in [0, 0.1) is 19.7 Å². The Hall–Kier alpha value is -3.55. The number of aliphatic imine (C=N–C) groups is 1. The topological polar surface area (TPSA) is 107 Å². The number of carbonyl (C=O) groups is 1. The molecule has 0 unspecified atom stereocenters. The van der Waals surface area contributed by atoms with E-state index < -0.39 is 29.8 Å². The summed E-state index contributed by atoms with van der Waals surface area (Å²) in [5.41, 5.74) is 5.73. The third-order valence-corrected chi connectivity index (χ3v) is 3.95. The van der Waals surface area contributed by atoms with Gasteiger partial charge in [-0.3, -0.25) is 11.1 Å². The Morgan fingerprint density at radius 2 is 2.07 bits per heavy atom. The van der Waals surface area contributed by atoms with Gasteiger partial charge in [-0.2, -0.15) is 17.8 Å². The second-order valence-corrected chi connectivity index (χ2v) is 6.02. The molecule has 1 aliphatic rings. The summed E-state index contributed by atoms with van der Waals surface area (Å²) in [6, 6.07) is -1.42. The minimum atomic E-state index is -4.87. The molecule has 0 fully saturated rings. The van der Waals surface area contributed by atoms with Gasteiger partial charge in [0.1, 0.15) is 23.4 Å². The first-order chi connectivity index (χ1) is 13.1. The molecule has 0 radical (unpaired) electrons. The highest BCUT2D eigenvalue weighted by Crippen LogP contribution is 2.39. The van der Waals surface area contributed by atoms with Gasteiger partial charge < -0.3 is 9.73 Å². The number of allylic oxidation sites excluding steroid dienone is 1. The summed E-state index contributed by atoms with van der Waals surface area (Å²) in [5.74, 6) is 1.06. The van der Waals surface area contributed by atoms with Crippen molar-refractivity contribution in [1.29, 1.82) is 0 Å². The Kier molecular flexibility index (Phi) is 4.72. The van der Waals surface area contributed by atoms with Gasteiger partial charge >= 0.3 is 18.2 Å². The summed E-state index contributed by atoms with van der Waals surface area (Å²) < 4.78 is 63.4. The van der Waals surface area contributed by atoms with Crippen LogP contribution in [0.25, 0.3) is 11.0 Å². The predicted octanol–water partition coefficient (Wildman–Crippen LogP) is 2.11. The van der Waals surface area contributed by atoms with Crippen molar-refractivity contribution in [2.45, 2.75) is 26.1 Å². The van der Waals surface area contributed by atoms with Crippen LogP contribution in [0.15, 0.2) is 27.2 Å². The number of amides is 2. The fourth-order valence-corrected chi connectivity index (χ4v) is 2.69. The molecule has 0 spiro atoms. The van der Waals surface area contributed by atoms with E-state index in [1.165, 1.54) is 13.8 Å². The highest BCUT2D eigenvalue weighted by Gasteiger charge is 2.45. The van der Waals surface area contributed by atoms with E-state index in [0.717, 1.165) is 18.3 Å². The van der Waals surface area contributed by atoms with Crippen molar-refractivity contribution in [2.75, 3.05) is 0 Å². The van der Waals surface area contributed by atoms with Crippen molar-refractivity contribution < 1.29 is 26.8 Å². The molecule has 7 nitrogen and oxygen atoms in total. The Morgan fingerprint density at radius 3 is 2.68 bits per heavy atom. The number of furan rings is 1. The van der Waals surface area contributed by atoms with Crippen molar-refractivity contribution in [1.82, 2.24) is 15.3 Å². The molecule has 1 aromatic heterocycles. The first-order valence-corrected chi connectivity index (χ1v) is 7.90. The van der Waals surface area contributed by atoms with Crippen LogP contribution >= 0.6 is 0 Å². The van der Waals surface area contributed by atoms with E-state index in [2.05, 4.69) is 20.8 Å². The summed E-state index contributed by atoms with van der Waals surface area (Å²) in [6.45, 7) is 2.87. The molecule has 11 heteroatoms. The number of nitrogens with zero attached hydrogens (tertiary/aromatic N) is 2. The highest BCUT2D eigenvalue weighted by molar-refractivity contribution is 6.03. The number of nitrogens with one attached hydrogen (secondary N) is 2. The van der Waals surface area contributed by atoms with Gasteiger partial charge in [-0.25, -0.2) is 9.18 Å². The molecule has 3 rings (SSSR count). The van der Waals surface area contributed by atoms with Gasteiger partial charge in [0.05, 0.1) is 0 Å². The Bertz CT molecular complexity index is 1100. The Labute approximate surface area is 155 Å². The highest BCUT2D eigenvalue weighted by atomic mass is 19.4. The van der Waals surface area contributed by atoms with Crippen molar-refractivity contribution in [3.05, 3.63) is 40.5 Å². The number of nitrogens with two attached hydrogens (primary N) is 1. The largest absolute Gasteiger partial charge is 0.487 e. The number of rotatable bonds is 3. The van der Waals surface area contributed by atoms with E-state index in [-0.39, 0.29) is 28.2 Å². The number of benzene rings is 1. The van der Waals surface area contributed by atoms with Crippen molar-refractivity contribution in [3.8, 4) is 0 Å². The van der Waals surface area contributed by atoms with Crippen LogP contribution in [0.2, 0.25) is 0 Å². The zero-order chi connectivity index (χ0) is 20.6. The van der Waals surface area contributed by atoms with E-state index in [1.807, 2.05) is 0 Å². The minimum Gasteiger partial charge on any atom is -0.458 e. The molecular weight excluding hydrogens is 382 g/mol. The number of alkyl halides is 3. The summed E-state index contributed by atoms with van der Waals surface area (Å²) >= 11 is 0. The van der Waals surface area contributed by atoms with Crippen LogP contribution in [0.5, 0.6) is 0 Å². The Morgan fingerprint density at radius 1 is 1.36 bits per heavy atom. The molecule has 0 saturated heterocycles. The lowest BCUT2D eigenvalue weighted by atomic mass is 10.1. The predicted molar refractivity (Wildman–Crippen MR) is 94.4 cm³/mol. The molecule has 0 bridgehead atoms. The quantitative estimate of drug-likeness (QED) is 0.546. The van der Waals surface area contributed by atoms with Crippen molar-refractivity contribution in [2.24, 2.45) is 10.7 Å². The number of aryl methyl sites for hydroxylation is 2. The van der Waals surface area contributed by atoms with Crippen LogP contribution in [0.3, 0.4) is 0 Å². The van der Waals surface area contributed by atoms with Crippen LogP contribution in [-0.2, 0) is 0 Å². The van der Waals surface area contributed by atoms with E-state index in [9.17, 15) is 22.4 Å². The third kappa shape index (κ3) is 3.75. The van der Waals surface area contributed by atoms with Crippen molar-refractivity contribution in [3.63, 3.8) is 0 Å². The monoisotopic (exact) mass is 396 g/mol. The Balaban J connectivity index is 1.96. The molecule has 4 N–H and O–H groups in total. The van der Waals surface area contributed by atoms with Crippen LogP contribution in [-0.4, -0.2) is 30.3 Å². The lowest BCUT2D eigenvalue weighted by Crippen LogP contribution is -2.44. The maximum Gasteiger partial charge on any atom is 0.487 e. The van der Waals surface area contributed by atoms with E-state index in [4.69, 9.17) is 10.2 Å². The smallest absolute Gasteiger partial charge is 0.458 e. The normalized spacial score (nSPS) is 14.6. The lowest BCUT2D eigenvalue weighted by molar-refractivity contribution is -0.158. The molecule has 0 aliphatic carbocycles. The first-order valence-electron chi connectivity index (χ1n) is 7.90. The molecule has 0 saturated carbocycles. The van der Waals surface area contributed by atoms with Gasteiger partial charge in [-0.1, -0.05) is 4.99 Å². The molecule has 146 valence electrons. The molecule has 2 aromatic rings. The summed E-state index contributed by atoms with van der Waals surface area (Å²) in [5, 5.41) is 4.13. The SMILES string of the molecule is Cc1c([C@H](NC(=O)NC2=C=[N+]=C(N)N=C2)C(F)(F)F)oc2c(C)cc(F)cc12. The van der Waals surface area contributed by atoms with Gasteiger partial charge in [-0.05, 0) is 31.5 Å². The van der Waals surface area contributed by atoms with Gasteiger partial charge in [-0.15, -0.1) is 0 Å². The zero-order valence-electron chi connectivity index (χ0n) is 14.6. The van der Waals surface area contributed by atoms with Gasteiger partial charge in [0.15, 0.2) is 17.6 Å². The summed E-state index contributed by atoms with van der Waals surface area (Å²) in [4.78, 5) is 15.6. The van der Waals surface area contributed by atoms with Crippen molar-refractivity contribution >= 4 is 35.0 Å². The van der Waals surface area contributed by atoms with E-state index in [0.29, 0.717) is 5.56 Å². The third-order valence-electron chi connectivity index (χ3n) is 3.95. The number of urea groups is 1. The fourth-order valence-electron chi connectivity index (χ4n) is 2.69. The number of halogens is 4. The summed E-state index contributed by atoms with van der Waals surface area (Å²) in [6.07, 6.45) is -3.78. The number of carbonyl (C=O) groups excluding carboxylic acids is 1. The van der Waals surface area contributed by atoms with Crippen LogP contribution in [0.1, 0.15) is 22.9 Å². The molecule has 1 aromatic carbocycles. The average molecular weight is 396 g/mol. The second kappa shape index (κ2) is 6.88. The molecule has 1 aliphatic heterocycles. The molecular formula is C17H14F4N5O2+. The van der Waals surface area contributed by atoms with E-state index >= 15 is 0 Å². The van der Waals surface area contributed by atoms with Gasteiger partial charge in [0, 0.05) is 10.9 Å². The number of guanidine groups is 1. The maximum atomic E-state index is 13.6. The average Bonchev–Trinajstić information content (AvgIpc) is 2.91. The molecule has 2 heterocycles. The first kappa shape index (κ1) is 19.2. The second-order valence-electron chi connectivity index (χ2n) is 6.02. The standard InChI is InChI=1S/C17H13F4N5O2/c1-7-3-9(18)4-11-8(2)13(28-12(7)11)14(17(19,20)21)26-16(27)25-10-5-23-15(22)24-6-10/h3-5,14,22H,1-2H3,(H2,25,26,27)/p+1/t14-/m0/s1. The molecule has 2 amide bonds. The van der Waals surface area contributed by atoms with E-state index in [1.54, 1.807) is 5.32 Å². The maximum absolute atomic E-state index is 13.6. The molecule has 28 heavy (non-hydrogen) atoms. The molecule has 1 atom stereocenters. The number of fused-ring (bicyclic) bond motifs is 1. The fraction of sp³-hybridized carbons (Fsp3) is 0.235. The lowest BCUT2D eigenvalue weighted by Gasteiger charge is -2.20. The zero-order valence-corrected chi connectivity index (χ0v) is 14.6. The minimum absolute atomic E-state index is 0.0719. The number of hydrogen-bond acceptors (Lipinski definition) is 4.